The largest absolute Gasteiger partial charge is 0.408 e. The Bertz CT molecular complexity index is 422. The standard InChI is InChI=1S/C13H16ClF3N2/c1-9-3-2-4-10(14)11(9)12(13(15,16)17)19-7-5-18-6-8-19/h2-4,12,18H,5-8H2,1H3/t12-/m1/s1. The summed E-state index contributed by atoms with van der Waals surface area (Å²) in [4.78, 5) is 1.45. The minimum absolute atomic E-state index is 0.179. The average molecular weight is 293 g/mol. The fourth-order valence-electron chi connectivity index (χ4n) is 2.48. The lowest BCUT2D eigenvalue weighted by atomic mass is 9.98. The Balaban J connectivity index is 2.43. The van der Waals surface area contributed by atoms with E-state index in [1.807, 2.05) is 0 Å². The van der Waals surface area contributed by atoms with Gasteiger partial charge in [0.1, 0.15) is 6.04 Å². The van der Waals surface area contributed by atoms with E-state index in [2.05, 4.69) is 5.32 Å². The molecule has 0 spiro atoms. The number of piperazine rings is 1. The van der Waals surface area contributed by atoms with E-state index in [1.165, 1.54) is 11.0 Å². The molecule has 1 heterocycles. The van der Waals surface area contributed by atoms with Crippen molar-refractivity contribution in [3.8, 4) is 0 Å². The van der Waals surface area contributed by atoms with Gasteiger partial charge >= 0.3 is 6.18 Å². The van der Waals surface area contributed by atoms with Crippen LogP contribution in [0.4, 0.5) is 13.2 Å². The van der Waals surface area contributed by atoms with Gasteiger partial charge in [0.15, 0.2) is 0 Å². The van der Waals surface area contributed by atoms with Crippen LogP contribution in [0.3, 0.4) is 0 Å². The monoisotopic (exact) mass is 292 g/mol. The fourth-order valence-corrected chi connectivity index (χ4v) is 2.81. The maximum absolute atomic E-state index is 13.4. The van der Waals surface area contributed by atoms with Gasteiger partial charge < -0.3 is 5.32 Å². The molecule has 2 rings (SSSR count). The summed E-state index contributed by atoms with van der Waals surface area (Å²) in [7, 11) is 0. The predicted molar refractivity (Wildman–Crippen MR) is 69.4 cm³/mol. The number of halogens is 4. The SMILES string of the molecule is Cc1cccc(Cl)c1[C@@H](N1CCNCC1)C(F)(F)F. The molecule has 0 unspecified atom stereocenters. The van der Waals surface area contributed by atoms with E-state index in [0.717, 1.165) is 0 Å². The number of alkyl halides is 3. The van der Waals surface area contributed by atoms with Gasteiger partial charge in [0.05, 0.1) is 0 Å². The molecule has 1 saturated heterocycles. The minimum Gasteiger partial charge on any atom is -0.314 e. The van der Waals surface area contributed by atoms with E-state index in [-0.39, 0.29) is 10.6 Å². The van der Waals surface area contributed by atoms with Crippen LogP contribution in [0.1, 0.15) is 17.2 Å². The maximum Gasteiger partial charge on any atom is 0.408 e. The zero-order valence-corrected chi connectivity index (χ0v) is 11.4. The minimum atomic E-state index is -4.33. The first-order valence-electron chi connectivity index (χ1n) is 6.18. The van der Waals surface area contributed by atoms with Crippen molar-refractivity contribution in [1.29, 1.82) is 0 Å². The van der Waals surface area contributed by atoms with E-state index in [4.69, 9.17) is 11.6 Å². The van der Waals surface area contributed by atoms with Gasteiger partial charge in [-0.3, -0.25) is 4.90 Å². The molecule has 0 bridgehead atoms. The molecular weight excluding hydrogens is 277 g/mol. The highest BCUT2D eigenvalue weighted by Gasteiger charge is 2.46. The Morgan fingerprint density at radius 3 is 2.42 bits per heavy atom. The van der Waals surface area contributed by atoms with E-state index >= 15 is 0 Å². The Morgan fingerprint density at radius 2 is 1.89 bits per heavy atom. The third-order valence-corrected chi connectivity index (χ3v) is 3.70. The molecule has 1 atom stereocenters. The number of rotatable bonds is 2. The second kappa shape index (κ2) is 5.69. The Hall–Kier alpha value is -0.780. The molecule has 0 aromatic heterocycles. The first-order valence-corrected chi connectivity index (χ1v) is 6.55. The summed E-state index contributed by atoms with van der Waals surface area (Å²) < 4.78 is 40.3. The number of aryl methyl sites for hydroxylation is 1. The zero-order valence-electron chi connectivity index (χ0n) is 10.6. The van der Waals surface area contributed by atoms with Crippen LogP contribution in [0.15, 0.2) is 18.2 Å². The van der Waals surface area contributed by atoms with E-state index in [1.54, 1.807) is 19.1 Å². The van der Waals surface area contributed by atoms with E-state index in [0.29, 0.717) is 31.7 Å². The normalized spacial score (nSPS) is 19.4. The highest BCUT2D eigenvalue weighted by molar-refractivity contribution is 6.31. The Kier molecular flexibility index (Phi) is 4.38. The molecule has 0 aliphatic carbocycles. The molecule has 1 aliphatic heterocycles. The lowest BCUT2D eigenvalue weighted by molar-refractivity contribution is -0.188. The van der Waals surface area contributed by atoms with E-state index < -0.39 is 12.2 Å². The molecule has 0 radical (unpaired) electrons. The zero-order chi connectivity index (χ0) is 14.0. The molecule has 1 aromatic carbocycles. The van der Waals surface area contributed by atoms with Crippen LogP contribution >= 0.6 is 11.6 Å². The summed E-state index contributed by atoms with van der Waals surface area (Å²) in [6, 6.07) is 3.24. The predicted octanol–water partition coefficient (Wildman–Crippen LogP) is 3.16. The molecule has 2 nitrogen and oxygen atoms in total. The quantitative estimate of drug-likeness (QED) is 0.901. The molecule has 19 heavy (non-hydrogen) atoms. The number of nitrogens with one attached hydrogen (secondary N) is 1. The van der Waals surface area contributed by atoms with Crippen molar-refractivity contribution in [1.82, 2.24) is 10.2 Å². The van der Waals surface area contributed by atoms with Crippen molar-refractivity contribution in [2.24, 2.45) is 0 Å². The highest BCUT2D eigenvalue weighted by atomic mass is 35.5. The van der Waals surface area contributed by atoms with Crippen molar-refractivity contribution < 1.29 is 13.2 Å². The highest BCUT2D eigenvalue weighted by Crippen LogP contribution is 2.41. The Morgan fingerprint density at radius 1 is 1.26 bits per heavy atom. The van der Waals surface area contributed by atoms with Gasteiger partial charge in [-0.2, -0.15) is 13.2 Å². The molecule has 106 valence electrons. The molecule has 1 aromatic rings. The van der Waals surface area contributed by atoms with Gasteiger partial charge in [-0.25, -0.2) is 0 Å². The van der Waals surface area contributed by atoms with Gasteiger partial charge in [-0.1, -0.05) is 23.7 Å². The van der Waals surface area contributed by atoms with Gasteiger partial charge in [0.2, 0.25) is 0 Å². The smallest absolute Gasteiger partial charge is 0.314 e. The summed E-state index contributed by atoms with van der Waals surface area (Å²) in [5, 5.41) is 3.24. The van der Waals surface area contributed by atoms with Gasteiger partial charge in [-0.05, 0) is 24.1 Å². The summed E-state index contributed by atoms with van der Waals surface area (Å²) in [5.74, 6) is 0. The van der Waals surface area contributed by atoms with Gasteiger partial charge in [0, 0.05) is 31.2 Å². The van der Waals surface area contributed by atoms with Crippen LogP contribution in [0, 0.1) is 6.92 Å². The van der Waals surface area contributed by atoms with Gasteiger partial charge in [-0.15, -0.1) is 0 Å². The second-order valence-electron chi connectivity index (χ2n) is 4.70. The van der Waals surface area contributed by atoms with Crippen LogP contribution in [-0.4, -0.2) is 37.3 Å². The third-order valence-electron chi connectivity index (χ3n) is 3.37. The van der Waals surface area contributed by atoms with Crippen molar-refractivity contribution in [3.05, 3.63) is 34.3 Å². The fraction of sp³-hybridized carbons (Fsp3) is 0.538. The maximum atomic E-state index is 13.4. The summed E-state index contributed by atoms with van der Waals surface area (Å²) >= 11 is 6.01. The van der Waals surface area contributed by atoms with Gasteiger partial charge in [0.25, 0.3) is 0 Å². The van der Waals surface area contributed by atoms with Crippen molar-refractivity contribution in [3.63, 3.8) is 0 Å². The Labute approximate surface area is 115 Å². The lowest BCUT2D eigenvalue weighted by Crippen LogP contribution is -2.49. The third kappa shape index (κ3) is 3.22. The van der Waals surface area contributed by atoms with Crippen LogP contribution in [0.2, 0.25) is 5.02 Å². The molecule has 1 fully saturated rings. The number of hydrogen-bond donors (Lipinski definition) is 1. The molecule has 1 N–H and O–H groups in total. The summed E-state index contributed by atoms with van der Waals surface area (Å²) in [5.41, 5.74) is 0.756. The van der Waals surface area contributed by atoms with E-state index in [9.17, 15) is 13.2 Å². The molecular formula is C13H16ClF3N2. The topological polar surface area (TPSA) is 15.3 Å². The van der Waals surface area contributed by atoms with Crippen LogP contribution in [0.25, 0.3) is 0 Å². The van der Waals surface area contributed by atoms with Crippen LogP contribution in [0.5, 0.6) is 0 Å². The van der Waals surface area contributed by atoms with Crippen molar-refractivity contribution in [2.45, 2.75) is 19.1 Å². The van der Waals surface area contributed by atoms with Crippen LogP contribution < -0.4 is 5.32 Å². The second-order valence-corrected chi connectivity index (χ2v) is 5.11. The lowest BCUT2D eigenvalue weighted by Gasteiger charge is -2.37. The summed E-state index contributed by atoms with van der Waals surface area (Å²) in [6.07, 6.45) is -4.33. The number of nitrogens with zero attached hydrogens (tertiary/aromatic N) is 1. The first-order chi connectivity index (χ1) is 8.91. The number of hydrogen-bond acceptors (Lipinski definition) is 2. The van der Waals surface area contributed by atoms with Crippen molar-refractivity contribution in [2.75, 3.05) is 26.2 Å². The van der Waals surface area contributed by atoms with Crippen molar-refractivity contribution >= 4 is 11.6 Å². The number of benzene rings is 1. The first kappa shape index (κ1) is 14.6. The summed E-state index contributed by atoms with van der Waals surface area (Å²) in [6.45, 7) is 3.54. The average Bonchev–Trinajstić information content (AvgIpc) is 2.33. The molecule has 0 amide bonds. The molecule has 6 heteroatoms. The molecule has 0 saturated carbocycles. The molecule has 1 aliphatic rings. The van der Waals surface area contributed by atoms with Crippen LogP contribution in [-0.2, 0) is 0 Å².